The molecular formula is C12H15BrFNO2. The zero-order valence-corrected chi connectivity index (χ0v) is 11.0. The molecule has 1 atom stereocenters. The maximum absolute atomic E-state index is 13.6. The molecule has 2 N–H and O–H groups in total. The normalized spacial score (nSPS) is 18.6. The molecule has 1 aliphatic heterocycles. The van der Waals surface area contributed by atoms with Crippen molar-refractivity contribution in [3.63, 3.8) is 0 Å². The van der Waals surface area contributed by atoms with Gasteiger partial charge in [0.2, 0.25) is 0 Å². The van der Waals surface area contributed by atoms with E-state index < -0.39 is 0 Å². The highest BCUT2D eigenvalue weighted by atomic mass is 79.9. The first-order valence-electron chi connectivity index (χ1n) is 5.67. The number of benzene rings is 1. The zero-order chi connectivity index (χ0) is 12.3. The molecule has 0 saturated heterocycles. The first-order valence-corrected chi connectivity index (χ1v) is 6.46. The van der Waals surface area contributed by atoms with Gasteiger partial charge in [-0.05, 0) is 31.5 Å². The summed E-state index contributed by atoms with van der Waals surface area (Å²) in [6, 6.07) is 3.19. The molecular weight excluding hydrogens is 289 g/mol. The van der Waals surface area contributed by atoms with Crippen molar-refractivity contribution in [3.8, 4) is 5.75 Å². The van der Waals surface area contributed by atoms with E-state index in [0.717, 1.165) is 19.3 Å². The lowest BCUT2D eigenvalue weighted by Gasteiger charge is -2.26. The van der Waals surface area contributed by atoms with Crippen LogP contribution in [0.15, 0.2) is 16.6 Å². The SMILES string of the molecule is NCCCCC1OCc2c(F)cc(Br)cc2O1. The van der Waals surface area contributed by atoms with E-state index in [1.807, 2.05) is 0 Å². The Balaban J connectivity index is 2.03. The van der Waals surface area contributed by atoms with Crippen molar-refractivity contribution in [2.45, 2.75) is 32.2 Å². The van der Waals surface area contributed by atoms with Gasteiger partial charge < -0.3 is 15.2 Å². The van der Waals surface area contributed by atoms with Gasteiger partial charge in [-0.3, -0.25) is 0 Å². The number of ether oxygens (including phenoxy) is 2. The molecule has 5 heteroatoms. The molecule has 3 nitrogen and oxygen atoms in total. The van der Waals surface area contributed by atoms with Crippen molar-refractivity contribution >= 4 is 15.9 Å². The fraction of sp³-hybridized carbons (Fsp3) is 0.500. The molecule has 0 spiro atoms. The third kappa shape index (κ3) is 3.18. The van der Waals surface area contributed by atoms with Gasteiger partial charge in [-0.2, -0.15) is 0 Å². The number of rotatable bonds is 4. The van der Waals surface area contributed by atoms with Crippen LogP contribution in [0.1, 0.15) is 24.8 Å². The van der Waals surface area contributed by atoms with Gasteiger partial charge in [-0.15, -0.1) is 0 Å². The van der Waals surface area contributed by atoms with E-state index in [1.54, 1.807) is 6.07 Å². The summed E-state index contributed by atoms with van der Waals surface area (Å²) in [6.07, 6.45) is 2.39. The minimum Gasteiger partial charge on any atom is -0.464 e. The Labute approximate surface area is 108 Å². The molecule has 1 unspecified atom stereocenters. The van der Waals surface area contributed by atoms with Crippen molar-refractivity contribution in [1.29, 1.82) is 0 Å². The van der Waals surface area contributed by atoms with E-state index >= 15 is 0 Å². The Bertz CT molecular complexity index is 400. The summed E-state index contributed by atoms with van der Waals surface area (Å²) in [6.45, 7) is 0.936. The van der Waals surface area contributed by atoms with Gasteiger partial charge in [-0.25, -0.2) is 4.39 Å². The average Bonchev–Trinajstić information content (AvgIpc) is 2.28. The Kier molecular flexibility index (Phi) is 4.36. The minimum absolute atomic E-state index is 0.266. The molecule has 0 amide bonds. The molecule has 0 fully saturated rings. The predicted molar refractivity (Wildman–Crippen MR) is 66.2 cm³/mol. The molecule has 1 aromatic rings. The van der Waals surface area contributed by atoms with E-state index in [2.05, 4.69) is 15.9 Å². The van der Waals surface area contributed by atoms with Gasteiger partial charge in [0.1, 0.15) is 11.6 Å². The molecule has 1 aliphatic rings. The maximum atomic E-state index is 13.6. The second kappa shape index (κ2) is 5.80. The summed E-state index contributed by atoms with van der Waals surface area (Å²) in [5.41, 5.74) is 5.91. The summed E-state index contributed by atoms with van der Waals surface area (Å²) in [5.74, 6) is 0.274. The Hall–Kier alpha value is -0.650. The monoisotopic (exact) mass is 303 g/mol. The second-order valence-corrected chi connectivity index (χ2v) is 4.92. The molecule has 0 bridgehead atoms. The van der Waals surface area contributed by atoms with Crippen LogP contribution in [0.3, 0.4) is 0 Å². The first-order chi connectivity index (χ1) is 8.20. The van der Waals surface area contributed by atoms with Crippen molar-refractivity contribution in [3.05, 3.63) is 28.0 Å². The van der Waals surface area contributed by atoms with Crippen LogP contribution in [0.4, 0.5) is 4.39 Å². The van der Waals surface area contributed by atoms with Crippen LogP contribution >= 0.6 is 15.9 Å². The lowest BCUT2D eigenvalue weighted by molar-refractivity contribution is -0.113. The maximum Gasteiger partial charge on any atom is 0.200 e. The summed E-state index contributed by atoms with van der Waals surface area (Å²) >= 11 is 3.25. The van der Waals surface area contributed by atoms with E-state index in [-0.39, 0.29) is 18.7 Å². The number of nitrogens with two attached hydrogens (primary N) is 1. The fourth-order valence-corrected chi connectivity index (χ4v) is 2.18. The number of unbranched alkanes of at least 4 members (excludes halogenated alkanes) is 1. The van der Waals surface area contributed by atoms with Crippen LogP contribution in [0.2, 0.25) is 0 Å². The van der Waals surface area contributed by atoms with Crippen LogP contribution in [0, 0.1) is 5.82 Å². The molecule has 17 heavy (non-hydrogen) atoms. The topological polar surface area (TPSA) is 44.5 Å². The van der Waals surface area contributed by atoms with Crippen LogP contribution in [0.5, 0.6) is 5.75 Å². The highest BCUT2D eigenvalue weighted by Gasteiger charge is 2.22. The smallest absolute Gasteiger partial charge is 0.200 e. The molecule has 0 radical (unpaired) electrons. The number of hydrogen-bond donors (Lipinski definition) is 1. The standard InChI is InChI=1S/C12H15BrFNO2/c13-8-5-10(14)9-7-16-12(3-1-2-4-15)17-11(9)6-8/h5-6,12H,1-4,7,15H2. The molecule has 0 aliphatic carbocycles. The van der Waals surface area contributed by atoms with Gasteiger partial charge in [0.05, 0.1) is 12.2 Å². The van der Waals surface area contributed by atoms with E-state index in [9.17, 15) is 4.39 Å². The van der Waals surface area contributed by atoms with E-state index in [0.29, 0.717) is 22.3 Å². The molecule has 1 heterocycles. The van der Waals surface area contributed by atoms with Crippen LogP contribution < -0.4 is 10.5 Å². The van der Waals surface area contributed by atoms with E-state index in [4.69, 9.17) is 15.2 Å². The Morgan fingerprint density at radius 2 is 2.24 bits per heavy atom. The van der Waals surface area contributed by atoms with Crippen molar-refractivity contribution in [2.24, 2.45) is 5.73 Å². The first kappa shape index (κ1) is 12.8. The summed E-state index contributed by atoms with van der Waals surface area (Å²) < 4.78 is 25.3. The third-order valence-electron chi connectivity index (χ3n) is 2.69. The van der Waals surface area contributed by atoms with Crippen LogP contribution in [0.25, 0.3) is 0 Å². The van der Waals surface area contributed by atoms with Gasteiger partial charge >= 0.3 is 0 Å². The van der Waals surface area contributed by atoms with Gasteiger partial charge in [-0.1, -0.05) is 15.9 Å². The third-order valence-corrected chi connectivity index (χ3v) is 3.14. The lowest BCUT2D eigenvalue weighted by atomic mass is 10.1. The molecule has 1 aromatic carbocycles. The van der Waals surface area contributed by atoms with Crippen LogP contribution in [-0.2, 0) is 11.3 Å². The van der Waals surface area contributed by atoms with Gasteiger partial charge in [0, 0.05) is 10.9 Å². The molecule has 0 aromatic heterocycles. The number of hydrogen-bond acceptors (Lipinski definition) is 3. The average molecular weight is 304 g/mol. The summed E-state index contributed by atoms with van der Waals surface area (Å²) in [5, 5.41) is 0. The Morgan fingerprint density at radius 1 is 1.41 bits per heavy atom. The Morgan fingerprint density at radius 3 is 3.00 bits per heavy atom. The lowest BCUT2D eigenvalue weighted by Crippen LogP contribution is -2.26. The van der Waals surface area contributed by atoms with Gasteiger partial charge in [0.15, 0.2) is 6.29 Å². The highest BCUT2D eigenvalue weighted by molar-refractivity contribution is 9.10. The fourth-order valence-electron chi connectivity index (χ4n) is 1.77. The van der Waals surface area contributed by atoms with Gasteiger partial charge in [0.25, 0.3) is 0 Å². The predicted octanol–water partition coefficient (Wildman–Crippen LogP) is 2.95. The molecule has 2 rings (SSSR count). The van der Waals surface area contributed by atoms with Crippen molar-refractivity contribution in [2.75, 3.05) is 6.54 Å². The molecule has 0 saturated carbocycles. The molecule has 94 valence electrons. The minimum atomic E-state index is -0.296. The van der Waals surface area contributed by atoms with Crippen molar-refractivity contribution < 1.29 is 13.9 Å². The zero-order valence-electron chi connectivity index (χ0n) is 9.42. The van der Waals surface area contributed by atoms with Crippen LogP contribution in [-0.4, -0.2) is 12.8 Å². The summed E-state index contributed by atoms with van der Waals surface area (Å²) in [4.78, 5) is 0. The largest absolute Gasteiger partial charge is 0.464 e. The highest BCUT2D eigenvalue weighted by Crippen LogP contribution is 2.32. The second-order valence-electron chi connectivity index (χ2n) is 4.01. The number of fused-ring (bicyclic) bond motifs is 1. The van der Waals surface area contributed by atoms with E-state index in [1.165, 1.54) is 6.07 Å². The quantitative estimate of drug-likeness (QED) is 0.870. The van der Waals surface area contributed by atoms with Crippen molar-refractivity contribution in [1.82, 2.24) is 0 Å². The number of halogens is 2. The summed E-state index contributed by atoms with van der Waals surface area (Å²) in [7, 11) is 0.